The minimum Gasteiger partial charge on any atom is -0.357 e. The van der Waals surface area contributed by atoms with Gasteiger partial charge in [0.2, 0.25) is 5.91 Å². The first-order valence-corrected chi connectivity index (χ1v) is 9.71. The Morgan fingerprint density at radius 3 is 2.62 bits per heavy atom. The van der Waals surface area contributed by atoms with E-state index in [0.717, 1.165) is 50.2 Å². The van der Waals surface area contributed by atoms with E-state index in [1.807, 2.05) is 12.1 Å². The van der Waals surface area contributed by atoms with Crippen LogP contribution in [-0.2, 0) is 11.3 Å². The van der Waals surface area contributed by atoms with Gasteiger partial charge < -0.3 is 20.9 Å². The Kier molecular flexibility index (Phi) is 6.68. The Bertz CT molecular complexity index is 610. The molecule has 0 atom stereocenters. The van der Waals surface area contributed by atoms with Crippen LogP contribution in [0.15, 0.2) is 18.3 Å². The molecule has 1 saturated carbocycles. The third-order valence-corrected chi connectivity index (χ3v) is 5.08. The van der Waals surface area contributed by atoms with Crippen molar-refractivity contribution in [3.8, 4) is 0 Å². The van der Waals surface area contributed by atoms with Crippen LogP contribution in [-0.4, -0.2) is 42.6 Å². The lowest BCUT2D eigenvalue weighted by atomic mass is 9.96. The predicted molar refractivity (Wildman–Crippen MR) is 101 cm³/mol. The number of aromatic nitrogens is 1. The zero-order valence-electron chi connectivity index (χ0n) is 15.3. The fourth-order valence-electron chi connectivity index (χ4n) is 3.60. The van der Waals surface area contributed by atoms with Gasteiger partial charge in [-0.3, -0.25) is 4.79 Å². The second kappa shape index (κ2) is 9.40. The van der Waals surface area contributed by atoms with E-state index >= 15 is 0 Å². The van der Waals surface area contributed by atoms with Crippen LogP contribution in [0.25, 0.3) is 0 Å². The Hall–Kier alpha value is -2.31. The summed E-state index contributed by atoms with van der Waals surface area (Å²) in [6.07, 6.45) is 9.83. The van der Waals surface area contributed by atoms with Gasteiger partial charge in [0.05, 0.1) is 6.54 Å². The molecule has 0 spiro atoms. The van der Waals surface area contributed by atoms with Crippen molar-refractivity contribution in [3.63, 3.8) is 0 Å². The molecular formula is C19H29N5O2. The Labute approximate surface area is 154 Å². The first kappa shape index (κ1) is 18.5. The molecular weight excluding hydrogens is 330 g/mol. The average molecular weight is 359 g/mol. The Balaban J connectivity index is 1.37. The van der Waals surface area contributed by atoms with Gasteiger partial charge >= 0.3 is 6.03 Å². The van der Waals surface area contributed by atoms with Crippen molar-refractivity contribution >= 4 is 17.8 Å². The average Bonchev–Trinajstić information content (AvgIpc) is 3.21. The summed E-state index contributed by atoms with van der Waals surface area (Å²) in [5.41, 5.74) is 1.02. The second-order valence-corrected chi connectivity index (χ2v) is 7.16. The molecule has 1 aromatic rings. The molecule has 1 aromatic heterocycles. The number of nitrogens with one attached hydrogen (secondary N) is 3. The zero-order valence-corrected chi connectivity index (χ0v) is 15.3. The highest BCUT2D eigenvalue weighted by Crippen LogP contribution is 2.18. The van der Waals surface area contributed by atoms with Gasteiger partial charge in [0.25, 0.3) is 0 Å². The van der Waals surface area contributed by atoms with E-state index in [2.05, 4.69) is 25.8 Å². The standard InChI is InChI=1S/C19H29N5O2/c25-18(14-22-19(26)23-16-6-2-1-3-7-16)21-13-15-8-9-20-17(12-15)24-10-4-5-11-24/h8-9,12,16H,1-7,10-11,13-14H2,(H,21,25)(H2,22,23,26). The molecule has 3 rings (SSSR count). The van der Waals surface area contributed by atoms with Gasteiger partial charge in [0.1, 0.15) is 5.82 Å². The van der Waals surface area contributed by atoms with Crippen LogP contribution < -0.4 is 20.9 Å². The third-order valence-electron chi connectivity index (χ3n) is 5.08. The van der Waals surface area contributed by atoms with Crippen LogP contribution in [0, 0.1) is 0 Å². The molecule has 1 aliphatic heterocycles. The lowest BCUT2D eigenvalue weighted by Gasteiger charge is -2.22. The maximum atomic E-state index is 12.0. The van der Waals surface area contributed by atoms with Crippen LogP contribution in [0.1, 0.15) is 50.5 Å². The molecule has 2 aliphatic rings. The number of nitrogens with zero attached hydrogens (tertiary/aromatic N) is 2. The number of carbonyl (C=O) groups excluding carboxylic acids is 2. The number of urea groups is 1. The molecule has 7 heteroatoms. The van der Waals surface area contributed by atoms with Crippen LogP contribution in [0.4, 0.5) is 10.6 Å². The number of rotatable bonds is 6. The summed E-state index contributed by atoms with van der Waals surface area (Å²) >= 11 is 0. The van der Waals surface area contributed by atoms with E-state index in [1.165, 1.54) is 19.3 Å². The van der Waals surface area contributed by atoms with Crippen LogP contribution in [0.2, 0.25) is 0 Å². The van der Waals surface area contributed by atoms with Crippen LogP contribution >= 0.6 is 0 Å². The molecule has 2 fully saturated rings. The van der Waals surface area contributed by atoms with Crippen molar-refractivity contribution in [2.24, 2.45) is 0 Å². The minimum absolute atomic E-state index is 0.0113. The van der Waals surface area contributed by atoms with Crippen LogP contribution in [0.3, 0.4) is 0 Å². The summed E-state index contributed by atoms with van der Waals surface area (Å²) in [7, 11) is 0. The molecule has 2 heterocycles. The van der Waals surface area contributed by atoms with Gasteiger partial charge in [-0.05, 0) is 43.4 Å². The quantitative estimate of drug-likeness (QED) is 0.724. The predicted octanol–water partition coefficient (Wildman–Crippen LogP) is 1.93. The normalized spacial score (nSPS) is 17.8. The van der Waals surface area contributed by atoms with Gasteiger partial charge in [-0.25, -0.2) is 9.78 Å². The number of carbonyl (C=O) groups is 2. The molecule has 1 saturated heterocycles. The van der Waals surface area contributed by atoms with E-state index in [-0.39, 0.29) is 24.5 Å². The molecule has 7 nitrogen and oxygen atoms in total. The van der Waals surface area contributed by atoms with E-state index in [0.29, 0.717) is 6.54 Å². The molecule has 0 radical (unpaired) electrons. The van der Waals surface area contributed by atoms with E-state index in [4.69, 9.17) is 0 Å². The topological polar surface area (TPSA) is 86.4 Å². The number of hydrogen-bond acceptors (Lipinski definition) is 4. The summed E-state index contributed by atoms with van der Waals surface area (Å²) in [6, 6.07) is 3.91. The summed E-state index contributed by atoms with van der Waals surface area (Å²) in [5.74, 6) is 0.780. The van der Waals surface area contributed by atoms with E-state index < -0.39 is 0 Å². The lowest BCUT2D eigenvalue weighted by Crippen LogP contribution is -2.46. The smallest absolute Gasteiger partial charge is 0.315 e. The number of amides is 3. The lowest BCUT2D eigenvalue weighted by molar-refractivity contribution is -0.120. The first-order valence-electron chi connectivity index (χ1n) is 9.71. The molecule has 3 N–H and O–H groups in total. The highest BCUT2D eigenvalue weighted by Gasteiger charge is 2.16. The van der Waals surface area contributed by atoms with Crippen molar-refractivity contribution in [2.45, 2.75) is 57.5 Å². The van der Waals surface area contributed by atoms with Crippen molar-refractivity contribution in [1.29, 1.82) is 0 Å². The number of pyridine rings is 1. The summed E-state index contributed by atoms with van der Waals surface area (Å²) in [5, 5.41) is 8.43. The summed E-state index contributed by atoms with van der Waals surface area (Å²) in [6.45, 7) is 2.52. The van der Waals surface area contributed by atoms with Crippen LogP contribution in [0.5, 0.6) is 0 Å². The maximum Gasteiger partial charge on any atom is 0.315 e. The largest absolute Gasteiger partial charge is 0.357 e. The summed E-state index contributed by atoms with van der Waals surface area (Å²) in [4.78, 5) is 30.5. The Morgan fingerprint density at radius 1 is 1.08 bits per heavy atom. The number of hydrogen-bond donors (Lipinski definition) is 3. The molecule has 0 aromatic carbocycles. The van der Waals surface area contributed by atoms with E-state index in [1.54, 1.807) is 6.20 Å². The SMILES string of the molecule is O=C(CNC(=O)NC1CCCCC1)NCc1ccnc(N2CCCC2)c1. The number of anilines is 1. The summed E-state index contributed by atoms with van der Waals surface area (Å²) < 4.78 is 0. The van der Waals surface area contributed by atoms with Gasteiger partial charge in [-0.2, -0.15) is 0 Å². The van der Waals surface area contributed by atoms with E-state index in [9.17, 15) is 9.59 Å². The molecule has 26 heavy (non-hydrogen) atoms. The molecule has 0 unspecified atom stereocenters. The zero-order chi connectivity index (χ0) is 18.2. The van der Waals surface area contributed by atoms with Crippen molar-refractivity contribution in [1.82, 2.24) is 20.9 Å². The Morgan fingerprint density at radius 2 is 1.85 bits per heavy atom. The molecule has 1 aliphatic carbocycles. The third kappa shape index (κ3) is 5.61. The maximum absolute atomic E-state index is 12.0. The van der Waals surface area contributed by atoms with Gasteiger partial charge in [0, 0.05) is 31.9 Å². The van der Waals surface area contributed by atoms with Gasteiger partial charge in [-0.15, -0.1) is 0 Å². The first-order chi connectivity index (χ1) is 12.7. The van der Waals surface area contributed by atoms with Gasteiger partial charge in [0.15, 0.2) is 0 Å². The van der Waals surface area contributed by atoms with Crippen molar-refractivity contribution in [3.05, 3.63) is 23.9 Å². The monoisotopic (exact) mass is 359 g/mol. The minimum atomic E-state index is -0.257. The fourth-order valence-corrected chi connectivity index (χ4v) is 3.60. The second-order valence-electron chi connectivity index (χ2n) is 7.16. The highest BCUT2D eigenvalue weighted by molar-refractivity contribution is 5.83. The molecule has 3 amide bonds. The molecule has 0 bridgehead atoms. The van der Waals surface area contributed by atoms with Gasteiger partial charge in [-0.1, -0.05) is 19.3 Å². The highest BCUT2D eigenvalue weighted by atomic mass is 16.2. The van der Waals surface area contributed by atoms with Crippen molar-refractivity contribution < 1.29 is 9.59 Å². The van der Waals surface area contributed by atoms with Crippen molar-refractivity contribution in [2.75, 3.05) is 24.5 Å². The molecule has 142 valence electrons. The fraction of sp³-hybridized carbons (Fsp3) is 0.632.